The Labute approximate surface area is 173 Å². The maximum atomic E-state index is 13.2. The number of rotatable bonds is 2. The molecule has 0 radical (unpaired) electrons. The van der Waals surface area contributed by atoms with Crippen LogP contribution in [0.25, 0.3) is 0 Å². The topological polar surface area (TPSA) is 62.6 Å². The molecule has 0 N–H and O–H groups in total. The van der Waals surface area contributed by atoms with Crippen molar-refractivity contribution in [2.24, 2.45) is 11.8 Å². The molecule has 2 bridgehead atoms. The molecule has 3 aliphatic heterocycles. The Bertz CT molecular complexity index is 1030. The average molecular weight is 412 g/mol. The Morgan fingerprint density at radius 3 is 2.55 bits per heavy atom. The maximum Gasteiger partial charge on any atom is 0.250 e. The molecule has 150 valence electrons. The van der Waals surface area contributed by atoms with Gasteiger partial charge in [0.05, 0.1) is 5.92 Å². The first-order valence-corrected chi connectivity index (χ1v) is 10.4. The van der Waals surface area contributed by atoms with Crippen molar-refractivity contribution in [3.8, 4) is 0 Å². The van der Waals surface area contributed by atoms with Crippen LogP contribution < -0.4 is 10.5 Å². The summed E-state index contributed by atoms with van der Waals surface area (Å²) in [4.78, 5) is 41.6. The van der Waals surface area contributed by atoms with Gasteiger partial charge in [0.15, 0.2) is 0 Å². The molecule has 0 spiro atoms. The van der Waals surface area contributed by atoms with Crippen molar-refractivity contribution < 1.29 is 9.59 Å². The lowest BCUT2D eigenvalue weighted by molar-refractivity contribution is -0.138. The monoisotopic (exact) mass is 411 g/mol. The normalized spacial score (nSPS) is 25.8. The summed E-state index contributed by atoms with van der Waals surface area (Å²) in [6, 6.07) is 12.5. The van der Waals surface area contributed by atoms with E-state index in [2.05, 4.69) is 0 Å². The zero-order chi connectivity index (χ0) is 20.1. The van der Waals surface area contributed by atoms with E-state index in [9.17, 15) is 14.4 Å². The van der Waals surface area contributed by atoms with Crippen LogP contribution in [0.5, 0.6) is 0 Å². The van der Waals surface area contributed by atoms with E-state index in [0.717, 1.165) is 17.8 Å². The maximum absolute atomic E-state index is 13.2. The first-order chi connectivity index (χ1) is 14.0. The molecule has 2 amide bonds. The highest BCUT2D eigenvalue weighted by Crippen LogP contribution is 2.36. The molecular formula is C22H22ClN3O3. The molecule has 1 aromatic heterocycles. The number of nitrogens with zero attached hydrogens (tertiary/aromatic N) is 3. The number of benzene rings is 1. The zero-order valence-corrected chi connectivity index (χ0v) is 16.7. The fourth-order valence-electron chi connectivity index (χ4n) is 5.08. The number of pyridine rings is 1. The molecule has 2 saturated heterocycles. The third-order valence-electron chi connectivity index (χ3n) is 6.40. The lowest BCUT2D eigenvalue weighted by atomic mass is 9.82. The summed E-state index contributed by atoms with van der Waals surface area (Å²) in [6.45, 7) is 2.34. The van der Waals surface area contributed by atoms with E-state index in [1.54, 1.807) is 29.2 Å². The molecule has 4 heterocycles. The van der Waals surface area contributed by atoms with E-state index in [1.165, 1.54) is 0 Å². The molecule has 6 nitrogen and oxygen atoms in total. The number of aromatic nitrogens is 1. The van der Waals surface area contributed by atoms with E-state index >= 15 is 0 Å². The van der Waals surface area contributed by atoms with Crippen molar-refractivity contribution >= 4 is 29.1 Å². The second-order valence-electron chi connectivity index (χ2n) is 8.32. The first kappa shape index (κ1) is 18.4. The van der Waals surface area contributed by atoms with Gasteiger partial charge < -0.3 is 14.4 Å². The molecule has 7 heteroatoms. The van der Waals surface area contributed by atoms with Gasteiger partial charge in [-0.1, -0.05) is 17.7 Å². The van der Waals surface area contributed by atoms with Gasteiger partial charge in [0, 0.05) is 61.0 Å². The molecule has 0 unspecified atom stereocenters. The second kappa shape index (κ2) is 7.02. The van der Waals surface area contributed by atoms with Crippen molar-refractivity contribution in [1.29, 1.82) is 0 Å². The quantitative estimate of drug-likeness (QED) is 0.762. The molecule has 3 atom stereocenters. The summed E-state index contributed by atoms with van der Waals surface area (Å²) in [5.74, 6) is 0.172. The molecule has 29 heavy (non-hydrogen) atoms. The lowest BCUT2D eigenvalue weighted by Gasteiger charge is -2.43. The minimum atomic E-state index is -0.324. The molecule has 2 fully saturated rings. The van der Waals surface area contributed by atoms with Crippen LogP contribution in [0.4, 0.5) is 5.69 Å². The summed E-state index contributed by atoms with van der Waals surface area (Å²) in [5, 5.41) is 0.618. The Balaban J connectivity index is 1.32. The standard InChI is InChI=1S/C22H22ClN3O3/c23-17-4-6-18(7-5-17)25-13-16(9-21(25)28)22(29)24-10-14-8-15(12-24)19-2-1-3-20(27)26(19)11-14/h1-7,14-16H,8-13H2/t14-,15+,16+/m1/s1. The molecular weight excluding hydrogens is 390 g/mol. The van der Waals surface area contributed by atoms with Gasteiger partial charge in [-0.25, -0.2) is 0 Å². The van der Waals surface area contributed by atoms with E-state index in [4.69, 9.17) is 11.6 Å². The Kier molecular flexibility index (Phi) is 4.46. The van der Waals surface area contributed by atoms with Crippen LogP contribution in [-0.2, 0) is 16.1 Å². The summed E-state index contributed by atoms with van der Waals surface area (Å²) < 4.78 is 1.86. The SMILES string of the molecule is O=C([C@H]1CC(=O)N(c2ccc(Cl)cc2)C1)N1C[C@H]2C[C@@H](C1)c1cccc(=O)n1C2. The first-order valence-electron chi connectivity index (χ1n) is 10.0. The van der Waals surface area contributed by atoms with Crippen LogP contribution in [0.2, 0.25) is 5.02 Å². The van der Waals surface area contributed by atoms with E-state index in [0.29, 0.717) is 31.2 Å². The smallest absolute Gasteiger partial charge is 0.250 e. The highest BCUT2D eigenvalue weighted by Gasteiger charge is 2.41. The number of hydrogen-bond acceptors (Lipinski definition) is 3. The largest absolute Gasteiger partial charge is 0.341 e. The molecule has 1 aromatic carbocycles. The fraction of sp³-hybridized carbons (Fsp3) is 0.409. The molecule has 3 aliphatic rings. The minimum absolute atomic E-state index is 0.0280. The number of carbonyl (C=O) groups is 2. The number of anilines is 1. The van der Waals surface area contributed by atoms with Crippen LogP contribution in [0.1, 0.15) is 24.5 Å². The van der Waals surface area contributed by atoms with Crippen LogP contribution in [-0.4, -0.2) is 40.9 Å². The predicted octanol–water partition coefficient (Wildman–Crippen LogP) is 2.50. The summed E-state index contributed by atoms with van der Waals surface area (Å²) >= 11 is 5.94. The Morgan fingerprint density at radius 1 is 0.966 bits per heavy atom. The van der Waals surface area contributed by atoms with Crippen LogP contribution in [0.15, 0.2) is 47.3 Å². The molecule has 0 saturated carbocycles. The number of amides is 2. The summed E-state index contributed by atoms with van der Waals surface area (Å²) in [6.07, 6.45) is 1.25. The third-order valence-corrected chi connectivity index (χ3v) is 6.66. The highest BCUT2D eigenvalue weighted by molar-refractivity contribution is 6.30. The van der Waals surface area contributed by atoms with Crippen LogP contribution in [0, 0.1) is 11.8 Å². The number of halogens is 1. The Morgan fingerprint density at radius 2 is 1.76 bits per heavy atom. The van der Waals surface area contributed by atoms with Gasteiger partial charge in [-0.15, -0.1) is 0 Å². The predicted molar refractivity (Wildman–Crippen MR) is 110 cm³/mol. The number of carbonyl (C=O) groups excluding carboxylic acids is 2. The van der Waals surface area contributed by atoms with Gasteiger partial charge in [0.25, 0.3) is 5.56 Å². The summed E-state index contributed by atoms with van der Waals surface area (Å²) in [7, 11) is 0. The minimum Gasteiger partial charge on any atom is -0.341 e. The molecule has 2 aromatic rings. The van der Waals surface area contributed by atoms with Crippen molar-refractivity contribution in [2.45, 2.75) is 25.3 Å². The zero-order valence-electron chi connectivity index (χ0n) is 16.0. The van der Waals surface area contributed by atoms with Crippen molar-refractivity contribution in [3.63, 3.8) is 0 Å². The summed E-state index contributed by atoms with van der Waals surface area (Å²) in [5.41, 5.74) is 1.84. The van der Waals surface area contributed by atoms with Crippen molar-refractivity contribution in [3.05, 3.63) is 63.5 Å². The number of fused-ring (bicyclic) bond motifs is 4. The second-order valence-corrected chi connectivity index (χ2v) is 8.76. The number of hydrogen-bond donors (Lipinski definition) is 0. The van der Waals surface area contributed by atoms with Crippen molar-refractivity contribution in [2.75, 3.05) is 24.5 Å². The fourth-order valence-corrected chi connectivity index (χ4v) is 5.20. The average Bonchev–Trinajstić information content (AvgIpc) is 3.10. The number of likely N-dealkylation sites (tertiary alicyclic amines) is 1. The van der Waals surface area contributed by atoms with E-state index in [-0.39, 0.29) is 41.5 Å². The van der Waals surface area contributed by atoms with E-state index < -0.39 is 0 Å². The molecule has 0 aliphatic carbocycles. The van der Waals surface area contributed by atoms with Gasteiger partial charge in [0.2, 0.25) is 11.8 Å². The van der Waals surface area contributed by atoms with Gasteiger partial charge in [-0.05, 0) is 42.7 Å². The van der Waals surface area contributed by atoms with Crippen LogP contribution >= 0.6 is 11.6 Å². The van der Waals surface area contributed by atoms with Crippen LogP contribution in [0.3, 0.4) is 0 Å². The number of piperidine rings is 1. The van der Waals surface area contributed by atoms with E-state index in [1.807, 2.05) is 27.7 Å². The van der Waals surface area contributed by atoms with Crippen molar-refractivity contribution in [1.82, 2.24) is 9.47 Å². The van der Waals surface area contributed by atoms with Gasteiger partial charge in [-0.3, -0.25) is 14.4 Å². The lowest BCUT2D eigenvalue weighted by Crippen LogP contribution is -2.50. The third kappa shape index (κ3) is 3.25. The highest BCUT2D eigenvalue weighted by atomic mass is 35.5. The van der Waals surface area contributed by atoms with Gasteiger partial charge in [0.1, 0.15) is 0 Å². The molecule has 5 rings (SSSR count). The van der Waals surface area contributed by atoms with Gasteiger partial charge >= 0.3 is 0 Å². The Hall–Kier alpha value is -2.60. The van der Waals surface area contributed by atoms with Gasteiger partial charge in [-0.2, -0.15) is 0 Å².